The number of halogens is 3. The smallest absolute Gasteiger partial charge is 0.418 e. The molecule has 6 nitrogen and oxygen atoms in total. The molecular formula is C14H16F3NO5S. The maximum Gasteiger partial charge on any atom is 0.418 e. The summed E-state index contributed by atoms with van der Waals surface area (Å²) in [6.45, 7) is 0.479. The van der Waals surface area contributed by atoms with Gasteiger partial charge < -0.3 is 10.2 Å². The first-order chi connectivity index (χ1) is 10.9. The second kappa shape index (κ2) is 6.01. The summed E-state index contributed by atoms with van der Waals surface area (Å²) >= 11 is 0. The molecule has 0 unspecified atom stereocenters. The summed E-state index contributed by atoms with van der Waals surface area (Å²) in [6, 6.07) is 3.93. The number of hydrogen-bond donors (Lipinski definition) is 2. The number of hydrogen-bond acceptors (Lipinski definition) is 4. The highest BCUT2D eigenvalue weighted by molar-refractivity contribution is 7.89. The minimum atomic E-state index is -5.07. The SMILES string of the molecule is Cc1ccc(S(=O)(=O)N2C[C@](O)(C(F)(F)F)C[C@@H]2CC(=O)O)cc1. The molecule has 1 aliphatic rings. The van der Waals surface area contributed by atoms with Crippen LogP contribution in [0.1, 0.15) is 18.4 Å². The van der Waals surface area contributed by atoms with Gasteiger partial charge in [-0.15, -0.1) is 0 Å². The van der Waals surface area contributed by atoms with Gasteiger partial charge in [-0.25, -0.2) is 8.42 Å². The lowest BCUT2D eigenvalue weighted by Gasteiger charge is -2.25. The van der Waals surface area contributed by atoms with Gasteiger partial charge in [-0.2, -0.15) is 17.5 Å². The number of carboxylic acid groups (broad SMARTS) is 1. The van der Waals surface area contributed by atoms with E-state index in [0.717, 1.165) is 5.56 Å². The average Bonchev–Trinajstić information content (AvgIpc) is 2.77. The Balaban J connectivity index is 2.44. The standard InChI is InChI=1S/C14H16F3NO5S/c1-9-2-4-11(5-3-9)24(22,23)18-8-13(21,14(15,16)17)7-10(18)6-12(19)20/h2-5,10,21H,6-8H2,1H3,(H,19,20)/t10-,13-/m0/s1. The highest BCUT2D eigenvalue weighted by Gasteiger charge is 2.62. The van der Waals surface area contributed by atoms with Gasteiger partial charge >= 0.3 is 12.1 Å². The first-order valence-corrected chi connectivity index (χ1v) is 8.40. The first kappa shape index (κ1) is 18.7. The molecule has 1 aliphatic heterocycles. The number of carboxylic acids is 1. The molecule has 2 N–H and O–H groups in total. The maximum atomic E-state index is 13.1. The number of carbonyl (C=O) groups is 1. The molecule has 0 aromatic heterocycles. The Morgan fingerprint density at radius 1 is 1.33 bits per heavy atom. The Morgan fingerprint density at radius 2 is 1.88 bits per heavy atom. The fourth-order valence-electron chi connectivity index (χ4n) is 2.65. The minimum absolute atomic E-state index is 0.255. The normalized spacial score (nSPS) is 25.8. The van der Waals surface area contributed by atoms with Crippen LogP contribution in [0.2, 0.25) is 0 Å². The van der Waals surface area contributed by atoms with Crippen molar-refractivity contribution in [3.63, 3.8) is 0 Å². The molecule has 1 aromatic rings. The number of alkyl halides is 3. The van der Waals surface area contributed by atoms with Crippen LogP contribution in [0.5, 0.6) is 0 Å². The number of benzene rings is 1. The predicted molar refractivity (Wildman–Crippen MR) is 76.7 cm³/mol. The topological polar surface area (TPSA) is 94.9 Å². The average molecular weight is 367 g/mol. The van der Waals surface area contributed by atoms with Gasteiger partial charge in [0.15, 0.2) is 5.60 Å². The minimum Gasteiger partial charge on any atom is -0.481 e. The third-order valence-corrected chi connectivity index (χ3v) is 5.88. The monoisotopic (exact) mass is 367 g/mol. The van der Waals surface area contributed by atoms with Crippen molar-refractivity contribution in [2.24, 2.45) is 0 Å². The number of nitrogens with zero attached hydrogens (tertiary/aromatic N) is 1. The van der Waals surface area contributed by atoms with Crippen LogP contribution in [0, 0.1) is 6.92 Å². The lowest BCUT2D eigenvalue weighted by Crippen LogP contribution is -2.48. The van der Waals surface area contributed by atoms with Crippen LogP contribution >= 0.6 is 0 Å². The van der Waals surface area contributed by atoms with Gasteiger partial charge in [-0.05, 0) is 19.1 Å². The first-order valence-electron chi connectivity index (χ1n) is 6.96. The number of β-amino-alcohol motifs (C(OH)–C–C–N with tert-alkyl or cyclic N) is 1. The van der Waals surface area contributed by atoms with E-state index < -0.39 is 53.2 Å². The molecule has 1 saturated heterocycles. The molecule has 0 aliphatic carbocycles. The van der Waals surface area contributed by atoms with Crippen LogP contribution in [0.15, 0.2) is 29.2 Å². The summed E-state index contributed by atoms with van der Waals surface area (Å²) in [5.74, 6) is -1.45. The predicted octanol–water partition coefficient (Wildman–Crippen LogP) is 1.53. The van der Waals surface area contributed by atoms with E-state index in [9.17, 15) is 31.5 Å². The number of rotatable bonds is 4. The number of aliphatic hydroxyl groups is 1. The third-order valence-electron chi connectivity index (χ3n) is 3.96. The van der Waals surface area contributed by atoms with Gasteiger partial charge in [0.25, 0.3) is 0 Å². The molecule has 2 atom stereocenters. The quantitative estimate of drug-likeness (QED) is 0.842. The van der Waals surface area contributed by atoms with Crippen molar-refractivity contribution in [1.82, 2.24) is 4.31 Å². The lowest BCUT2D eigenvalue weighted by molar-refractivity contribution is -0.253. The summed E-state index contributed by atoms with van der Waals surface area (Å²) in [5, 5.41) is 18.7. The highest BCUT2D eigenvalue weighted by atomic mass is 32.2. The van der Waals surface area contributed by atoms with Crippen molar-refractivity contribution in [2.75, 3.05) is 6.54 Å². The van der Waals surface area contributed by atoms with Gasteiger partial charge in [-0.3, -0.25) is 4.79 Å². The van der Waals surface area contributed by atoms with E-state index in [2.05, 4.69) is 0 Å². The zero-order valence-electron chi connectivity index (χ0n) is 12.6. The van der Waals surface area contributed by atoms with E-state index in [1.54, 1.807) is 6.92 Å². The van der Waals surface area contributed by atoms with Crippen LogP contribution in [0.25, 0.3) is 0 Å². The van der Waals surface area contributed by atoms with Gasteiger partial charge in [-0.1, -0.05) is 17.7 Å². The lowest BCUT2D eigenvalue weighted by atomic mass is 9.98. The largest absolute Gasteiger partial charge is 0.481 e. The summed E-state index contributed by atoms with van der Waals surface area (Å²) in [5.41, 5.74) is -2.52. The molecule has 0 amide bonds. The van der Waals surface area contributed by atoms with Crippen LogP contribution in [-0.2, 0) is 14.8 Å². The van der Waals surface area contributed by atoms with Crippen molar-refractivity contribution in [3.05, 3.63) is 29.8 Å². The molecule has 1 heterocycles. The van der Waals surface area contributed by atoms with Gasteiger partial charge in [0.05, 0.1) is 17.9 Å². The summed E-state index contributed by atoms with van der Waals surface area (Å²) in [4.78, 5) is 10.6. The summed E-state index contributed by atoms with van der Waals surface area (Å²) in [7, 11) is -4.37. The van der Waals surface area contributed by atoms with E-state index in [1.165, 1.54) is 24.3 Å². The summed E-state index contributed by atoms with van der Waals surface area (Å²) in [6.07, 6.45) is -6.92. The van der Waals surface area contributed by atoms with Crippen molar-refractivity contribution in [3.8, 4) is 0 Å². The van der Waals surface area contributed by atoms with Gasteiger partial charge in [0.1, 0.15) is 0 Å². The third kappa shape index (κ3) is 3.40. The zero-order chi connectivity index (χ0) is 18.3. The molecule has 2 rings (SSSR count). The molecule has 0 bridgehead atoms. The Kier molecular flexibility index (Phi) is 4.68. The van der Waals surface area contributed by atoms with Crippen molar-refractivity contribution in [1.29, 1.82) is 0 Å². The van der Waals surface area contributed by atoms with E-state index in [0.29, 0.717) is 4.31 Å². The zero-order valence-corrected chi connectivity index (χ0v) is 13.4. The highest BCUT2D eigenvalue weighted by Crippen LogP contribution is 2.43. The molecule has 0 saturated carbocycles. The van der Waals surface area contributed by atoms with E-state index in [4.69, 9.17) is 5.11 Å². The second-order valence-electron chi connectivity index (χ2n) is 5.85. The Labute approximate surface area is 136 Å². The van der Waals surface area contributed by atoms with Crippen molar-refractivity contribution in [2.45, 2.75) is 42.5 Å². The molecule has 0 radical (unpaired) electrons. The molecular weight excluding hydrogens is 351 g/mol. The van der Waals surface area contributed by atoms with E-state index in [1.807, 2.05) is 0 Å². The molecule has 1 aromatic carbocycles. The number of aliphatic carboxylic acids is 1. The van der Waals surface area contributed by atoms with E-state index >= 15 is 0 Å². The molecule has 10 heteroatoms. The Hall–Kier alpha value is -1.65. The second-order valence-corrected chi connectivity index (χ2v) is 7.74. The van der Waals surface area contributed by atoms with Crippen LogP contribution < -0.4 is 0 Å². The number of aryl methyl sites for hydroxylation is 1. The van der Waals surface area contributed by atoms with Crippen molar-refractivity contribution < 1.29 is 36.6 Å². The van der Waals surface area contributed by atoms with Crippen molar-refractivity contribution >= 4 is 16.0 Å². The fourth-order valence-corrected chi connectivity index (χ4v) is 4.33. The Morgan fingerprint density at radius 3 is 2.33 bits per heavy atom. The van der Waals surface area contributed by atoms with Crippen LogP contribution in [-0.4, -0.2) is 53.3 Å². The molecule has 24 heavy (non-hydrogen) atoms. The number of sulfonamides is 1. The van der Waals surface area contributed by atoms with Crippen LogP contribution in [0.4, 0.5) is 13.2 Å². The summed E-state index contributed by atoms with van der Waals surface area (Å²) < 4.78 is 64.8. The molecule has 0 spiro atoms. The fraction of sp³-hybridized carbons (Fsp3) is 0.500. The molecule has 1 fully saturated rings. The van der Waals surface area contributed by atoms with Crippen LogP contribution in [0.3, 0.4) is 0 Å². The Bertz CT molecular complexity index is 732. The van der Waals surface area contributed by atoms with Gasteiger partial charge in [0, 0.05) is 12.5 Å². The van der Waals surface area contributed by atoms with Gasteiger partial charge in [0.2, 0.25) is 10.0 Å². The van der Waals surface area contributed by atoms with E-state index in [-0.39, 0.29) is 4.90 Å². The maximum absolute atomic E-state index is 13.1. The molecule has 134 valence electrons.